The number of rotatable bonds is 38. The van der Waals surface area contributed by atoms with Crippen molar-refractivity contribution in [3.05, 3.63) is 36.5 Å². The van der Waals surface area contributed by atoms with Gasteiger partial charge in [-0.15, -0.1) is 0 Å². The first-order chi connectivity index (χ1) is 28.9. The summed E-state index contributed by atoms with van der Waals surface area (Å²) < 4.78 is 33.5. The summed E-state index contributed by atoms with van der Waals surface area (Å²) in [6.07, 6.45) is 27.7. The second-order valence-electron chi connectivity index (χ2n) is 16.3. The Labute approximate surface area is 361 Å². The van der Waals surface area contributed by atoms with E-state index in [0.717, 1.165) is 70.6 Å². The molecule has 1 aliphatic rings. The molecular weight excluding hydrogens is 791 g/mol. The number of phosphoric ester groups is 1. The molecule has 0 heterocycles. The number of allylic oxidation sites excluding steroid dienone is 6. The number of carbonyl (C=O) groups is 2. The molecule has 0 bridgehead atoms. The van der Waals surface area contributed by atoms with Gasteiger partial charge in [-0.2, -0.15) is 0 Å². The van der Waals surface area contributed by atoms with Crippen LogP contribution in [0.15, 0.2) is 36.5 Å². The van der Waals surface area contributed by atoms with Crippen LogP contribution in [-0.2, 0) is 32.7 Å². The van der Waals surface area contributed by atoms with Gasteiger partial charge in [0.2, 0.25) is 0 Å². The fourth-order valence-corrected chi connectivity index (χ4v) is 7.86. The molecule has 1 aliphatic carbocycles. The van der Waals surface area contributed by atoms with Crippen molar-refractivity contribution in [3.63, 3.8) is 0 Å². The number of ether oxygens (including phenoxy) is 2. The van der Waals surface area contributed by atoms with Crippen LogP contribution in [0.4, 0.5) is 0 Å². The van der Waals surface area contributed by atoms with E-state index in [4.69, 9.17) is 18.5 Å². The van der Waals surface area contributed by atoms with Gasteiger partial charge < -0.3 is 39.9 Å². The molecular formula is C46H83O13P. The van der Waals surface area contributed by atoms with E-state index in [1.54, 1.807) is 0 Å². The van der Waals surface area contributed by atoms with Gasteiger partial charge in [0.15, 0.2) is 6.10 Å². The van der Waals surface area contributed by atoms with Crippen LogP contribution < -0.4 is 0 Å². The van der Waals surface area contributed by atoms with Crippen molar-refractivity contribution >= 4 is 19.8 Å². The van der Waals surface area contributed by atoms with Gasteiger partial charge >= 0.3 is 19.8 Å². The number of esters is 2. The Morgan fingerprint density at radius 2 is 0.917 bits per heavy atom. The third-order valence-corrected chi connectivity index (χ3v) is 11.7. The van der Waals surface area contributed by atoms with Crippen LogP contribution in [0, 0.1) is 0 Å². The lowest BCUT2D eigenvalue weighted by molar-refractivity contribution is -0.220. The van der Waals surface area contributed by atoms with Crippen molar-refractivity contribution in [1.29, 1.82) is 0 Å². The Morgan fingerprint density at radius 1 is 0.517 bits per heavy atom. The van der Waals surface area contributed by atoms with Crippen LogP contribution in [0.3, 0.4) is 0 Å². The van der Waals surface area contributed by atoms with Gasteiger partial charge in [0.05, 0.1) is 6.61 Å². The second kappa shape index (κ2) is 36.5. The van der Waals surface area contributed by atoms with Crippen LogP contribution >= 0.6 is 7.82 Å². The number of hydrogen-bond donors (Lipinski definition) is 6. The Hall–Kier alpha value is -1.93. The van der Waals surface area contributed by atoms with Crippen molar-refractivity contribution in [2.45, 2.75) is 230 Å². The highest BCUT2D eigenvalue weighted by Crippen LogP contribution is 2.47. The minimum atomic E-state index is -5.12. The number of phosphoric acid groups is 1. The predicted molar refractivity (Wildman–Crippen MR) is 235 cm³/mol. The zero-order valence-electron chi connectivity index (χ0n) is 37.0. The Bertz CT molecular complexity index is 1190. The molecule has 350 valence electrons. The maximum absolute atomic E-state index is 12.8. The zero-order valence-corrected chi connectivity index (χ0v) is 37.9. The van der Waals surface area contributed by atoms with Gasteiger partial charge in [0.25, 0.3) is 0 Å². The molecule has 0 aromatic rings. The number of hydrogen-bond acceptors (Lipinski definition) is 12. The Kier molecular flexibility index (Phi) is 34.2. The molecule has 0 aromatic heterocycles. The van der Waals surface area contributed by atoms with Crippen LogP contribution in [-0.4, -0.2) is 98.3 Å². The molecule has 13 nitrogen and oxygen atoms in total. The summed E-state index contributed by atoms with van der Waals surface area (Å²) in [6, 6.07) is 0. The molecule has 0 amide bonds. The van der Waals surface area contributed by atoms with Gasteiger partial charge in [-0.1, -0.05) is 147 Å². The van der Waals surface area contributed by atoms with E-state index >= 15 is 0 Å². The largest absolute Gasteiger partial charge is 0.472 e. The number of carbonyl (C=O) groups excluding carboxylic acids is 2. The third-order valence-electron chi connectivity index (χ3n) is 10.7. The molecule has 0 saturated heterocycles. The quantitative estimate of drug-likeness (QED) is 0.0148. The highest BCUT2D eigenvalue weighted by atomic mass is 31.2. The van der Waals surface area contributed by atoms with Gasteiger partial charge in [-0.25, -0.2) is 4.57 Å². The molecule has 8 atom stereocenters. The molecule has 1 saturated carbocycles. The van der Waals surface area contributed by atoms with Crippen LogP contribution in [0.2, 0.25) is 0 Å². The van der Waals surface area contributed by atoms with E-state index in [-0.39, 0.29) is 12.8 Å². The lowest BCUT2D eigenvalue weighted by atomic mass is 9.85. The molecule has 1 fully saturated rings. The molecule has 6 unspecified atom stereocenters. The molecule has 0 spiro atoms. The van der Waals surface area contributed by atoms with Crippen molar-refractivity contribution < 1.29 is 63.1 Å². The third kappa shape index (κ3) is 28.6. The predicted octanol–water partition coefficient (Wildman–Crippen LogP) is 9.00. The molecule has 60 heavy (non-hydrogen) atoms. The minimum absolute atomic E-state index is 0.0805. The summed E-state index contributed by atoms with van der Waals surface area (Å²) in [5.41, 5.74) is 0. The highest BCUT2D eigenvalue weighted by Gasteiger charge is 2.51. The van der Waals surface area contributed by atoms with Crippen molar-refractivity contribution in [2.75, 3.05) is 13.2 Å². The molecule has 6 N–H and O–H groups in total. The van der Waals surface area contributed by atoms with E-state index in [2.05, 4.69) is 50.3 Å². The minimum Gasteiger partial charge on any atom is -0.462 e. The maximum Gasteiger partial charge on any atom is 0.472 e. The average Bonchev–Trinajstić information content (AvgIpc) is 3.23. The lowest BCUT2D eigenvalue weighted by Crippen LogP contribution is -2.64. The van der Waals surface area contributed by atoms with Gasteiger partial charge in [0, 0.05) is 12.8 Å². The number of unbranched alkanes of at least 4 members (excludes halogenated alkanes) is 20. The van der Waals surface area contributed by atoms with Crippen LogP contribution in [0.25, 0.3) is 0 Å². The highest BCUT2D eigenvalue weighted by molar-refractivity contribution is 7.47. The first-order valence-corrected chi connectivity index (χ1v) is 24.8. The molecule has 0 aromatic carbocycles. The first kappa shape index (κ1) is 56.1. The molecule has 14 heteroatoms. The molecule has 0 radical (unpaired) electrons. The SMILES string of the molecule is CCCC/C=C/C/C=C/CCCCCCCC(=O)O[C@@H](COC(=O)CCCCCCCCCCC/C=C/CCCCCC)COP(=O)(O)OC1C(O)C(O)C(O)[C@H](O)C1O. The lowest BCUT2D eigenvalue weighted by Gasteiger charge is -2.41. The topological polar surface area (TPSA) is 210 Å². The summed E-state index contributed by atoms with van der Waals surface area (Å²) >= 11 is 0. The summed E-state index contributed by atoms with van der Waals surface area (Å²) in [5, 5.41) is 50.1. The number of aliphatic hydroxyl groups is 5. The van der Waals surface area contributed by atoms with Gasteiger partial charge in [-0.3, -0.25) is 18.6 Å². The fourth-order valence-electron chi connectivity index (χ4n) is 6.89. The smallest absolute Gasteiger partial charge is 0.462 e. The summed E-state index contributed by atoms with van der Waals surface area (Å²) in [4.78, 5) is 35.7. The van der Waals surface area contributed by atoms with Crippen molar-refractivity contribution in [2.24, 2.45) is 0 Å². The Morgan fingerprint density at radius 3 is 1.42 bits per heavy atom. The maximum atomic E-state index is 12.8. The van der Waals surface area contributed by atoms with Gasteiger partial charge in [0.1, 0.15) is 43.2 Å². The van der Waals surface area contributed by atoms with E-state index in [1.807, 2.05) is 0 Å². The summed E-state index contributed by atoms with van der Waals surface area (Å²) in [7, 11) is -5.12. The van der Waals surface area contributed by atoms with E-state index < -0.39 is 75.7 Å². The summed E-state index contributed by atoms with van der Waals surface area (Å²) in [6.45, 7) is 3.23. The van der Waals surface area contributed by atoms with Gasteiger partial charge in [-0.05, 0) is 64.2 Å². The number of aliphatic hydroxyl groups excluding tert-OH is 5. The van der Waals surface area contributed by atoms with E-state index in [0.29, 0.717) is 12.8 Å². The molecule has 0 aliphatic heterocycles. The average molecular weight is 875 g/mol. The monoisotopic (exact) mass is 875 g/mol. The second-order valence-corrected chi connectivity index (χ2v) is 17.7. The van der Waals surface area contributed by atoms with Crippen LogP contribution in [0.1, 0.15) is 187 Å². The normalized spacial score (nSPS) is 22.5. The van der Waals surface area contributed by atoms with Crippen molar-refractivity contribution in [1.82, 2.24) is 0 Å². The zero-order chi connectivity index (χ0) is 44.3. The summed E-state index contributed by atoms with van der Waals surface area (Å²) in [5.74, 6) is -1.12. The first-order valence-electron chi connectivity index (χ1n) is 23.3. The van der Waals surface area contributed by atoms with E-state index in [1.165, 1.54) is 77.0 Å². The van der Waals surface area contributed by atoms with Crippen LogP contribution in [0.5, 0.6) is 0 Å². The molecule has 1 rings (SSSR count). The van der Waals surface area contributed by atoms with E-state index in [9.17, 15) is 44.6 Å². The Balaban J connectivity index is 2.45. The standard InChI is InChI=1S/C46H83O13P/c1-3-5-7-9-11-13-15-17-19-20-21-23-24-26-28-30-32-34-39(47)56-36-38(37-57-60(54,55)59-46-44(52)42(50)41(49)43(51)45(46)53)58-40(48)35-33-31-29-27-25-22-18-16-14-12-10-8-6-4-2/h10,12-13,15-16,18,38,41-46,49-53H,3-9,11,14,17,19-37H2,1-2H3,(H,54,55)/b12-10+,15-13+,18-16+/t38-,41?,42-,43?,44?,45?,46?/m0/s1. The van der Waals surface area contributed by atoms with Crippen molar-refractivity contribution in [3.8, 4) is 0 Å². The fraction of sp³-hybridized carbons (Fsp3) is 0.826.